The monoisotopic (exact) mass is 454 g/mol. The normalized spacial score (nSPS) is 45.9. The number of aldehydes is 1. The first-order chi connectivity index (χ1) is 14.9. The Kier molecular flexibility index (Phi) is 7.58. The number of hydrogen-bond acceptors (Lipinski definition) is 7. The van der Waals surface area contributed by atoms with Gasteiger partial charge in [0.15, 0.2) is 6.29 Å². The third-order valence-electron chi connectivity index (χ3n) is 10.1. The molecule has 0 heterocycles. The molecule has 5 N–H and O–H groups in total. The van der Waals surface area contributed by atoms with Crippen LogP contribution in [0.1, 0.15) is 78.6 Å². The van der Waals surface area contributed by atoms with Crippen LogP contribution in [0.2, 0.25) is 0 Å². The van der Waals surface area contributed by atoms with Gasteiger partial charge in [0, 0.05) is 12.8 Å². The molecule has 184 valence electrons. The third-order valence-corrected chi connectivity index (χ3v) is 10.1. The predicted molar refractivity (Wildman–Crippen MR) is 119 cm³/mol. The second-order valence-corrected chi connectivity index (χ2v) is 11.5. The molecule has 0 saturated heterocycles. The molecule has 0 bridgehead atoms. The first kappa shape index (κ1) is 25.8. The molecule has 4 aliphatic carbocycles. The van der Waals surface area contributed by atoms with Gasteiger partial charge in [0.25, 0.3) is 0 Å². The molecule has 4 rings (SSSR count). The number of fused-ring (bicyclic) bond motifs is 5. The molecular formula is C25H42O7. The summed E-state index contributed by atoms with van der Waals surface area (Å²) in [5.74, 6) is 3.44. The average molecular weight is 455 g/mol. The fraction of sp³-hybridized carbons (Fsp3) is 0.920. The second kappa shape index (κ2) is 9.41. The van der Waals surface area contributed by atoms with Crippen LogP contribution in [0, 0.1) is 34.5 Å². The van der Waals surface area contributed by atoms with E-state index in [9.17, 15) is 14.7 Å². The fourth-order valence-corrected chi connectivity index (χ4v) is 7.70. The van der Waals surface area contributed by atoms with E-state index in [0.717, 1.165) is 37.5 Å². The first-order valence-electron chi connectivity index (χ1n) is 12.3. The van der Waals surface area contributed by atoms with E-state index in [0.29, 0.717) is 23.0 Å². The summed E-state index contributed by atoms with van der Waals surface area (Å²) in [4.78, 5) is 21.7. The number of Topliss-reactive ketones (excluding diaryl/α,β-unsaturated/α-hetero) is 1. The Morgan fingerprint density at radius 2 is 1.66 bits per heavy atom. The zero-order valence-electron chi connectivity index (χ0n) is 19.7. The van der Waals surface area contributed by atoms with Crippen LogP contribution in [-0.2, 0) is 9.59 Å². The Morgan fingerprint density at radius 3 is 2.28 bits per heavy atom. The number of ketones is 1. The van der Waals surface area contributed by atoms with E-state index in [4.69, 9.17) is 20.4 Å². The molecule has 0 aromatic rings. The van der Waals surface area contributed by atoms with Crippen molar-refractivity contribution >= 4 is 12.1 Å². The summed E-state index contributed by atoms with van der Waals surface area (Å²) < 4.78 is 0. The lowest BCUT2D eigenvalue weighted by molar-refractivity contribution is -0.152. The number of carbonyl (C=O) groups is 2. The van der Waals surface area contributed by atoms with Crippen molar-refractivity contribution in [2.75, 3.05) is 6.61 Å². The minimum absolute atomic E-state index is 0.0869. The summed E-state index contributed by atoms with van der Waals surface area (Å²) in [6.45, 7) is 6.25. The Balaban J connectivity index is 0.000000247. The van der Waals surface area contributed by atoms with Gasteiger partial charge in [0.05, 0.1) is 12.2 Å². The maximum atomic E-state index is 11.9. The highest BCUT2D eigenvalue weighted by atomic mass is 16.4. The van der Waals surface area contributed by atoms with Gasteiger partial charge < -0.3 is 30.3 Å². The quantitative estimate of drug-likeness (QED) is 0.407. The van der Waals surface area contributed by atoms with Gasteiger partial charge in [-0.25, -0.2) is 0 Å². The number of aliphatic hydroxyl groups is 5. The largest absolute Gasteiger partial charge is 0.394 e. The van der Waals surface area contributed by atoms with E-state index >= 15 is 0 Å². The van der Waals surface area contributed by atoms with E-state index < -0.39 is 30.5 Å². The van der Waals surface area contributed by atoms with Crippen LogP contribution in [0.5, 0.6) is 0 Å². The van der Waals surface area contributed by atoms with Crippen molar-refractivity contribution in [2.24, 2.45) is 34.5 Å². The zero-order chi connectivity index (χ0) is 23.9. The summed E-state index contributed by atoms with van der Waals surface area (Å²) in [5.41, 5.74) is 0.0530. The zero-order valence-corrected chi connectivity index (χ0v) is 19.7. The molecule has 0 unspecified atom stereocenters. The van der Waals surface area contributed by atoms with Crippen LogP contribution >= 0.6 is 0 Å². The second-order valence-electron chi connectivity index (χ2n) is 11.5. The minimum atomic E-state index is -1.64. The van der Waals surface area contributed by atoms with Gasteiger partial charge in [-0.15, -0.1) is 0 Å². The summed E-state index contributed by atoms with van der Waals surface area (Å²) >= 11 is 0. The number of aliphatic hydroxyl groups excluding tert-OH is 4. The lowest BCUT2D eigenvalue weighted by Crippen LogP contribution is -2.55. The SMILES string of the molecule is C[C@]12CCC(=O)C[C@@H]1CC[C@@H]1[C@@H]2CC[C@@]2(C)[C@H]1CC[C@]2(C)O.O=C[C@@H](O)[C@H](O)[C@H](O)CO. The van der Waals surface area contributed by atoms with Gasteiger partial charge in [-0.2, -0.15) is 0 Å². The minimum Gasteiger partial charge on any atom is -0.394 e. The van der Waals surface area contributed by atoms with Crippen molar-refractivity contribution in [3.63, 3.8) is 0 Å². The summed E-state index contributed by atoms with van der Waals surface area (Å²) in [6, 6.07) is 0. The van der Waals surface area contributed by atoms with Gasteiger partial charge >= 0.3 is 0 Å². The van der Waals surface area contributed by atoms with Gasteiger partial charge in [-0.05, 0) is 86.4 Å². The molecule has 4 fully saturated rings. The molecule has 0 amide bonds. The summed E-state index contributed by atoms with van der Waals surface area (Å²) in [7, 11) is 0. The highest BCUT2D eigenvalue weighted by Crippen LogP contribution is 2.67. The lowest BCUT2D eigenvalue weighted by Gasteiger charge is -2.60. The molecule has 0 spiro atoms. The highest BCUT2D eigenvalue weighted by molar-refractivity contribution is 5.79. The van der Waals surface area contributed by atoms with Crippen LogP contribution in [0.4, 0.5) is 0 Å². The molecule has 4 saturated carbocycles. The molecule has 7 heteroatoms. The summed E-state index contributed by atoms with van der Waals surface area (Å²) in [5, 5.41) is 45.0. The molecule has 10 atom stereocenters. The van der Waals surface area contributed by atoms with Gasteiger partial charge in [0.1, 0.15) is 24.1 Å². The van der Waals surface area contributed by atoms with E-state index in [1.54, 1.807) is 0 Å². The van der Waals surface area contributed by atoms with Gasteiger partial charge in [0.2, 0.25) is 0 Å². The van der Waals surface area contributed by atoms with Crippen molar-refractivity contribution in [3.05, 3.63) is 0 Å². The van der Waals surface area contributed by atoms with Crippen LogP contribution in [0.25, 0.3) is 0 Å². The van der Waals surface area contributed by atoms with E-state index in [1.807, 2.05) is 0 Å². The molecule has 4 aliphatic rings. The lowest BCUT2D eigenvalue weighted by atomic mass is 9.44. The Bertz CT molecular complexity index is 694. The number of hydrogen-bond donors (Lipinski definition) is 5. The van der Waals surface area contributed by atoms with Gasteiger partial charge in [-0.1, -0.05) is 13.8 Å². The molecule has 0 aromatic heterocycles. The third kappa shape index (κ3) is 4.31. The van der Waals surface area contributed by atoms with Gasteiger partial charge in [-0.3, -0.25) is 4.79 Å². The molecule has 0 radical (unpaired) electrons. The van der Waals surface area contributed by atoms with Crippen molar-refractivity contribution in [3.8, 4) is 0 Å². The Hall–Kier alpha value is -0.860. The van der Waals surface area contributed by atoms with Crippen molar-refractivity contribution < 1.29 is 35.1 Å². The smallest absolute Gasteiger partial charge is 0.151 e. The topological polar surface area (TPSA) is 135 Å². The molecule has 7 nitrogen and oxygen atoms in total. The van der Waals surface area contributed by atoms with Crippen molar-refractivity contribution in [2.45, 2.75) is 102 Å². The van der Waals surface area contributed by atoms with Crippen LogP contribution in [-0.4, -0.2) is 68.1 Å². The summed E-state index contributed by atoms with van der Waals surface area (Å²) in [6.07, 6.45) is 5.35. The maximum absolute atomic E-state index is 11.9. The fourth-order valence-electron chi connectivity index (χ4n) is 7.70. The molecular weight excluding hydrogens is 412 g/mol. The molecule has 0 aromatic carbocycles. The molecule has 32 heavy (non-hydrogen) atoms. The van der Waals surface area contributed by atoms with E-state index in [-0.39, 0.29) is 11.7 Å². The standard InChI is InChI=1S/C20H32O2.C5H10O5/c1-18-9-6-14(21)12-13(18)4-5-15-16(18)7-10-19(2)17(15)8-11-20(19,3)22;6-1-3(8)5(10)4(9)2-7/h13,15-17,22H,4-12H2,1-3H3;1,3-5,7-10H,2H2/t13-,15+,16-,17-,18-,19-,20-;3-,4-,5+/m01/s1. The number of rotatable bonds is 4. The van der Waals surface area contributed by atoms with E-state index in [2.05, 4.69) is 20.8 Å². The maximum Gasteiger partial charge on any atom is 0.151 e. The Labute approximate surface area is 191 Å². The Morgan fingerprint density at radius 1 is 1.00 bits per heavy atom. The van der Waals surface area contributed by atoms with Crippen LogP contribution in [0.3, 0.4) is 0 Å². The highest BCUT2D eigenvalue weighted by Gasteiger charge is 2.63. The first-order valence-corrected chi connectivity index (χ1v) is 12.3. The van der Waals surface area contributed by atoms with E-state index in [1.165, 1.54) is 32.1 Å². The average Bonchev–Trinajstić information content (AvgIpc) is 3.02. The molecule has 0 aliphatic heterocycles. The van der Waals surface area contributed by atoms with Crippen LogP contribution < -0.4 is 0 Å². The van der Waals surface area contributed by atoms with Crippen molar-refractivity contribution in [1.29, 1.82) is 0 Å². The number of carbonyl (C=O) groups excluding carboxylic acids is 2. The van der Waals surface area contributed by atoms with Crippen molar-refractivity contribution in [1.82, 2.24) is 0 Å². The van der Waals surface area contributed by atoms with Crippen LogP contribution in [0.15, 0.2) is 0 Å². The predicted octanol–water partition coefficient (Wildman–Crippen LogP) is 1.61.